The average Bonchev–Trinajstić information content (AvgIpc) is 2.91. The molecule has 5 heterocycles. The number of carbonyl (C=O) groups is 1. The molecule has 3 aliphatic heterocycles. The summed E-state index contributed by atoms with van der Waals surface area (Å²) in [5.41, 5.74) is 1.26. The van der Waals surface area contributed by atoms with Crippen LogP contribution in [0.15, 0.2) is 47.3 Å². The third-order valence-corrected chi connectivity index (χ3v) is 7.16. The van der Waals surface area contributed by atoms with E-state index in [2.05, 4.69) is 9.88 Å². The van der Waals surface area contributed by atoms with E-state index in [4.69, 9.17) is 18.9 Å². The number of fused-ring (bicyclic) bond motifs is 3. The standard InChI is InChI=1S/C26H28N4O6/c1-33-23-6-2-17-3-7-24(31)29(25(17)27-23)11-10-28-9-8-18-15-30(26(32)36-22(18)16-28)19-4-5-20-21(14-19)35-13-12-34-20/h2-7,14,18,22H,8-13,15-16H2,1H3/t18-,22+/m1/s1. The number of ether oxygens (including phenoxy) is 4. The van der Waals surface area contributed by atoms with Crippen LogP contribution < -0.4 is 24.7 Å². The van der Waals surface area contributed by atoms with Gasteiger partial charge in [-0.3, -0.25) is 19.2 Å². The number of likely N-dealkylation sites (tertiary alicyclic amines) is 1. The number of nitrogens with zero attached hydrogens (tertiary/aromatic N) is 4. The van der Waals surface area contributed by atoms with Crippen molar-refractivity contribution in [2.45, 2.75) is 19.1 Å². The summed E-state index contributed by atoms with van der Waals surface area (Å²) in [7, 11) is 1.56. The Hall–Kier alpha value is -3.79. The van der Waals surface area contributed by atoms with Crippen LogP contribution in [0.5, 0.6) is 17.4 Å². The SMILES string of the molecule is COc1ccc2ccc(=O)n(CCN3CC[C@@H]4CN(c5ccc6c(c5)OCCO6)C(=O)O[C@H]4C3)c2n1. The lowest BCUT2D eigenvalue weighted by atomic mass is 9.91. The first-order valence-electron chi connectivity index (χ1n) is 12.2. The van der Waals surface area contributed by atoms with Crippen molar-refractivity contribution in [2.24, 2.45) is 5.92 Å². The molecule has 0 aliphatic carbocycles. The summed E-state index contributed by atoms with van der Waals surface area (Å²) >= 11 is 0. The fourth-order valence-electron chi connectivity index (χ4n) is 5.20. The molecule has 3 aromatic rings. The van der Waals surface area contributed by atoms with Crippen molar-refractivity contribution in [3.8, 4) is 17.4 Å². The highest BCUT2D eigenvalue weighted by Crippen LogP contribution is 2.36. The molecular weight excluding hydrogens is 464 g/mol. The number of hydrogen-bond donors (Lipinski definition) is 0. The van der Waals surface area contributed by atoms with Gasteiger partial charge in [-0.1, -0.05) is 0 Å². The molecule has 0 unspecified atom stereocenters. The number of methoxy groups -OCH3 is 1. The van der Waals surface area contributed by atoms with E-state index in [1.54, 1.807) is 34.8 Å². The van der Waals surface area contributed by atoms with Gasteiger partial charge in [0.2, 0.25) is 5.88 Å². The van der Waals surface area contributed by atoms with Gasteiger partial charge in [-0.2, -0.15) is 4.98 Å². The second-order valence-electron chi connectivity index (χ2n) is 9.30. The zero-order chi connectivity index (χ0) is 24.6. The molecule has 188 valence electrons. The quantitative estimate of drug-likeness (QED) is 0.536. The van der Waals surface area contributed by atoms with Crippen molar-refractivity contribution in [1.29, 1.82) is 0 Å². The third kappa shape index (κ3) is 4.21. The molecule has 2 fully saturated rings. The highest BCUT2D eigenvalue weighted by Gasteiger charge is 2.40. The lowest BCUT2D eigenvalue weighted by molar-refractivity contribution is -0.00758. The van der Waals surface area contributed by atoms with Crippen LogP contribution in [-0.2, 0) is 11.3 Å². The molecule has 0 saturated carbocycles. The monoisotopic (exact) mass is 492 g/mol. The summed E-state index contributed by atoms with van der Waals surface area (Å²) in [5, 5.41) is 0.884. The van der Waals surface area contributed by atoms with E-state index in [9.17, 15) is 9.59 Å². The van der Waals surface area contributed by atoms with E-state index in [1.807, 2.05) is 24.3 Å². The summed E-state index contributed by atoms with van der Waals surface area (Å²) < 4.78 is 24.1. The summed E-state index contributed by atoms with van der Waals surface area (Å²) in [6.45, 7) is 4.28. The average molecular weight is 493 g/mol. The molecule has 1 aromatic carbocycles. The van der Waals surface area contributed by atoms with Gasteiger partial charge in [0.25, 0.3) is 5.56 Å². The smallest absolute Gasteiger partial charge is 0.414 e. The predicted octanol–water partition coefficient (Wildman–Crippen LogP) is 2.52. The molecule has 3 aliphatic rings. The molecule has 6 rings (SSSR count). The van der Waals surface area contributed by atoms with E-state index in [0.717, 1.165) is 24.0 Å². The highest BCUT2D eigenvalue weighted by atomic mass is 16.6. The molecule has 10 heteroatoms. The molecule has 0 spiro atoms. The maximum Gasteiger partial charge on any atom is 0.414 e. The van der Waals surface area contributed by atoms with E-state index in [0.29, 0.717) is 62.4 Å². The van der Waals surface area contributed by atoms with Crippen molar-refractivity contribution in [3.05, 3.63) is 52.8 Å². The molecule has 36 heavy (non-hydrogen) atoms. The zero-order valence-corrected chi connectivity index (χ0v) is 20.1. The Kier molecular flexibility index (Phi) is 5.88. The van der Waals surface area contributed by atoms with Gasteiger partial charge in [0, 0.05) is 55.7 Å². The van der Waals surface area contributed by atoms with Crippen LogP contribution in [0.25, 0.3) is 11.0 Å². The highest BCUT2D eigenvalue weighted by molar-refractivity contribution is 5.89. The maximum absolute atomic E-state index is 12.9. The van der Waals surface area contributed by atoms with Gasteiger partial charge in [0.15, 0.2) is 11.5 Å². The van der Waals surface area contributed by atoms with Gasteiger partial charge in [0.05, 0.1) is 12.8 Å². The topological polar surface area (TPSA) is 95.4 Å². The van der Waals surface area contributed by atoms with Crippen LogP contribution in [0.3, 0.4) is 0 Å². The minimum Gasteiger partial charge on any atom is -0.486 e. The Morgan fingerprint density at radius 3 is 2.69 bits per heavy atom. The van der Waals surface area contributed by atoms with E-state index < -0.39 is 0 Å². The van der Waals surface area contributed by atoms with Crippen molar-refractivity contribution >= 4 is 22.8 Å². The maximum atomic E-state index is 12.9. The Bertz CT molecular complexity index is 1360. The van der Waals surface area contributed by atoms with Gasteiger partial charge in [-0.15, -0.1) is 0 Å². The van der Waals surface area contributed by atoms with Crippen molar-refractivity contribution in [2.75, 3.05) is 51.4 Å². The molecular formula is C26H28N4O6. The number of amides is 1. The van der Waals surface area contributed by atoms with Crippen LogP contribution >= 0.6 is 0 Å². The van der Waals surface area contributed by atoms with Gasteiger partial charge in [-0.05, 0) is 37.2 Å². The van der Waals surface area contributed by atoms with Crippen LogP contribution in [0.1, 0.15) is 6.42 Å². The normalized spacial score (nSPS) is 21.7. The predicted molar refractivity (Wildman–Crippen MR) is 132 cm³/mol. The fourth-order valence-corrected chi connectivity index (χ4v) is 5.20. The molecule has 0 radical (unpaired) electrons. The van der Waals surface area contributed by atoms with Gasteiger partial charge in [0.1, 0.15) is 25.0 Å². The Morgan fingerprint density at radius 1 is 1.00 bits per heavy atom. The van der Waals surface area contributed by atoms with E-state index >= 15 is 0 Å². The number of carbonyl (C=O) groups excluding carboxylic acids is 1. The lowest BCUT2D eigenvalue weighted by Crippen LogP contribution is -2.56. The number of benzene rings is 1. The Labute approximate surface area is 207 Å². The number of hydrogen-bond acceptors (Lipinski definition) is 8. The second-order valence-corrected chi connectivity index (χ2v) is 9.30. The first-order valence-corrected chi connectivity index (χ1v) is 12.2. The minimum atomic E-state index is -0.351. The fraction of sp³-hybridized carbons (Fsp3) is 0.423. The van der Waals surface area contributed by atoms with Crippen LogP contribution in [0.2, 0.25) is 0 Å². The molecule has 2 atom stereocenters. The van der Waals surface area contributed by atoms with Crippen LogP contribution in [0.4, 0.5) is 10.5 Å². The molecule has 0 N–H and O–H groups in total. The number of aromatic nitrogens is 2. The lowest BCUT2D eigenvalue weighted by Gasteiger charge is -2.44. The van der Waals surface area contributed by atoms with Gasteiger partial charge >= 0.3 is 6.09 Å². The molecule has 2 aromatic heterocycles. The number of piperidine rings is 1. The minimum absolute atomic E-state index is 0.0997. The van der Waals surface area contributed by atoms with Crippen LogP contribution in [0, 0.1) is 5.92 Å². The summed E-state index contributed by atoms with van der Waals surface area (Å²) in [5.74, 6) is 2.05. The summed E-state index contributed by atoms with van der Waals surface area (Å²) in [6.07, 6.45) is 0.369. The van der Waals surface area contributed by atoms with Gasteiger partial charge in [-0.25, -0.2) is 4.79 Å². The number of anilines is 1. The molecule has 0 bridgehead atoms. The third-order valence-electron chi connectivity index (χ3n) is 7.16. The van der Waals surface area contributed by atoms with E-state index in [-0.39, 0.29) is 23.7 Å². The van der Waals surface area contributed by atoms with E-state index in [1.165, 1.54) is 0 Å². The van der Waals surface area contributed by atoms with Crippen molar-refractivity contribution in [3.63, 3.8) is 0 Å². The molecule has 10 nitrogen and oxygen atoms in total. The number of rotatable bonds is 5. The molecule has 1 amide bonds. The Morgan fingerprint density at radius 2 is 1.83 bits per heavy atom. The van der Waals surface area contributed by atoms with Gasteiger partial charge < -0.3 is 18.9 Å². The van der Waals surface area contributed by atoms with Crippen molar-refractivity contribution in [1.82, 2.24) is 14.5 Å². The van der Waals surface area contributed by atoms with Crippen molar-refractivity contribution < 1.29 is 23.7 Å². The summed E-state index contributed by atoms with van der Waals surface area (Å²) in [6, 6.07) is 12.6. The van der Waals surface area contributed by atoms with Crippen LogP contribution in [-0.4, -0.2) is 73.2 Å². The summed E-state index contributed by atoms with van der Waals surface area (Å²) in [4.78, 5) is 33.9. The largest absolute Gasteiger partial charge is 0.486 e. The Balaban J connectivity index is 1.12. The number of pyridine rings is 2. The molecule has 2 saturated heterocycles. The first-order chi connectivity index (χ1) is 17.6. The first kappa shape index (κ1) is 22.7. The zero-order valence-electron chi connectivity index (χ0n) is 20.1. The second kappa shape index (κ2) is 9.34.